The summed E-state index contributed by atoms with van der Waals surface area (Å²) in [7, 11) is 9.22. The van der Waals surface area contributed by atoms with Crippen LogP contribution >= 0.6 is 0 Å². The fourth-order valence-electron chi connectivity index (χ4n) is 4.50. The molecule has 0 atom stereocenters. The van der Waals surface area contributed by atoms with Crippen molar-refractivity contribution in [3.63, 3.8) is 0 Å². The van der Waals surface area contributed by atoms with Crippen molar-refractivity contribution >= 4 is 23.7 Å². The van der Waals surface area contributed by atoms with Crippen LogP contribution in [0.3, 0.4) is 0 Å². The van der Waals surface area contributed by atoms with Gasteiger partial charge in [0.2, 0.25) is 5.75 Å². The summed E-state index contributed by atoms with van der Waals surface area (Å²) < 4.78 is 32.3. The number of ether oxygens (including phenoxy) is 6. The molecule has 0 fully saturated rings. The van der Waals surface area contributed by atoms with Crippen LogP contribution in [0.1, 0.15) is 31.8 Å². The molecule has 0 aromatic heterocycles. The first-order valence-corrected chi connectivity index (χ1v) is 13.8. The second kappa shape index (κ2) is 15.1. The number of carbonyl (C=O) groups is 2. The third kappa shape index (κ3) is 7.63. The molecule has 0 saturated carbocycles. The fraction of sp³-hybridized carbons (Fsp3) is 0.206. The molecule has 11 nitrogen and oxygen atoms in total. The first-order chi connectivity index (χ1) is 21.8. The van der Waals surface area contributed by atoms with Crippen LogP contribution in [0.25, 0.3) is 0 Å². The van der Waals surface area contributed by atoms with E-state index < -0.39 is 5.91 Å². The SMILES string of the molecule is COc1ccc(CN(C(=O)c2ccc(C(=O)N/N=C/c3ccc(OC)c(OC)c3)cc2)c2cc(OC)c(OC)c(OC)c2)cc1. The number of nitrogens with one attached hydrogen (secondary N) is 1. The first kappa shape index (κ1) is 32.2. The van der Waals surface area contributed by atoms with Gasteiger partial charge in [0.1, 0.15) is 5.75 Å². The van der Waals surface area contributed by atoms with Crippen molar-refractivity contribution in [1.82, 2.24) is 5.43 Å². The largest absolute Gasteiger partial charge is 0.497 e. The van der Waals surface area contributed by atoms with Gasteiger partial charge >= 0.3 is 0 Å². The minimum atomic E-state index is -0.439. The zero-order valence-corrected chi connectivity index (χ0v) is 26.0. The number of hydrogen-bond donors (Lipinski definition) is 1. The van der Waals surface area contributed by atoms with Crippen molar-refractivity contribution in [3.8, 4) is 34.5 Å². The van der Waals surface area contributed by atoms with Crippen LogP contribution in [0.2, 0.25) is 0 Å². The maximum atomic E-state index is 14.0. The van der Waals surface area contributed by atoms with Gasteiger partial charge in [-0.05, 0) is 65.7 Å². The van der Waals surface area contributed by atoms with Crippen molar-refractivity contribution in [2.45, 2.75) is 6.54 Å². The summed E-state index contributed by atoms with van der Waals surface area (Å²) >= 11 is 0. The molecule has 11 heteroatoms. The molecule has 0 heterocycles. The Hall–Kier alpha value is -5.71. The number of methoxy groups -OCH3 is 6. The van der Waals surface area contributed by atoms with E-state index in [2.05, 4.69) is 10.5 Å². The van der Waals surface area contributed by atoms with Crippen molar-refractivity contribution in [2.75, 3.05) is 47.6 Å². The fourth-order valence-corrected chi connectivity index (χ4v) is 4.50. The quantitative estimate of drug-likeness (QED) is 0.159. The van der Waals surface area contributed by atoms with E-state index in [1.807, 2.05) is 24.3 Å². The van der Waals surface area contributed by atoms with Gasteiger partial charge in [0.05, 0.1) is 61.1 Å². The molecule has 0 saturated heterocycles. The standard InChI is InChI=1S/C34H35N3O8/c1-40-27-14-7-22(8-15-27)21-37(26-18-30(43-4)32(45-6)31(19-26)44-5)34(39)25-12-10-24(11-13-25)33(38)36-35-20-23-9-16-28(41-2)29(17-23)42-3/h7-20H,21H2,1-6H3,(H,36,38)/b35-20+. The maximum Gasteiger partial charge on any atom is 0.271 e. The zero-order chi connectivity index (χ0) is 32.3. The number of carbonyl (C=O) groups excluding carboxylic acids is 2. The van der Waals surface area contributed by atoms with E-state index in [1.165, 1.54) is 34.7 Å². The van der Waals surface area contributed by atoms with Crippen molar-refractivity contribution in [3.05, 3.63) is 101 Å². The predicted molar refractivity (Wildman–Crippen MR) is 171 cm³/mol. The average Bonchev–Trinajstić information content (AvgIpc) is 3.09. The highest BCUT2D eigenvalue weighted by atomic mass is 16.5. The second-order valence-corrected chi connectivity index (χ2v) is 9.51. The van der Waals surface area contributed by atoms with E-state index in [0.717, 1.165) is 5.56 Å². The highest BCUT2D eigenvalue weighted by Crippen LogP contribution is 2.41. The Labute approximate surface area is 261 Å². The molecule has 0 aliphatic rings. The summed E-state index contributed by atoms with van der Waals surface area (Å²) in [4.78, 5) is 28.3. The molecule has 0 aliphatic carbocycles. The number of amides is 2. The van der Waals surface area contributed by atoms with Crippen LogP contribution < -0.4 is 38.7 Å². The van der Waals surface area contributed by atoms with Gasteiger partial charge < -0.3 is 33.3 Å². The number of rotatable bonds is 13. The first-order valence-electron chi connectivity index (χ1n) is 13.8. The number of benzene rings is 4. The molecule has 2 amide bonds. The highest BCUT2D eigenvalue weighted by molar-refractivity contribution is 6.07. The third-order valence-electron chi connectivity index (χ3n) is 6.89. The maximum absolute atomic E-state index is 14.0. The van der Waals surface area contributed by atoms with E-state index in [0.29, 0.717) is 56.9 Å². The average molecular weight is 614 g/mol. The lowest BCUT2D eigenvalue weighted by Crippen LogP contribution is -2.30. The van der Waals surface area contributed by atoms with E-state index in [1.54, 1.807) is 73.7 Å². The molecule has 0 spiro atoms. The van der Waals surface area contributed by atoms with Crippen molar-refractivity contribution < 1.29 is 38.0 Å². The molecule has 0 unspecified atom stereocenters. The highest BCUT2D eigenvalue weighted by Gasteiger charge is 2.23. The van der Waals surface area contributed by atoms with E-state index >= 15 is 0 Å². The number of nitrogens with zero attached hydrogens (tertiary/aromatic N) is 2. The van der Waals surface area contributed by atoms with Crippen molar-refractivity contribution in [1.29, 1.82) is 0 Å². The lowest BCUT2D eigenvalue weighted by atomic mass is 10.1. The van der Waals surface area contributed by atoms with Gasteiger partial charge in [-0.3, -0.25) is 9.59 Å². The summed E-state index contributed by atoms with van der Waals surface area (Å²) in [5.74, 6) is 2.29. The minimum Gasteiger partial charge on any atom is -0.497 e. The van der Waals surface area contributed by atoms with Gasteiger partial charge in [0.25, 0.3) is 11.8 Å². The van der Waals surface area contributed by atoms with Crippen LogP contribution in [-0.4, -0.2) is 60.7 Å². The molecular formula is C34H35N3O8. The number of hydrogen-bond acceptors (Lipinski definition) is 9. The Morgan fingerprint density at radius 2 is 1.27 bits per heavy atom. The Balaban J connectivity index is 1.57. The second-order valence-electron chi connectivity index (χ2n) is 9.51. The Kier molecular flexibility index (Phi) is 10.8. The van der Waals surface area contributed by atoms with Crippen LogP contribution in [0.15, 0.2) is 84.0 Å². The lowest BCUT2D eigenvalue weighted by molar-refractivity contribution is 0.0951. The van der Waals surface area contributed by atoms with Gasteiger partial charge in [0, 0.05) is 23.3 Å². The summed E-state index contributed by atoms with van der Waals surface area (Å²) in [5.41, 5.74) is 5.28. The van der Waals surface area contributed by atoms with Gasteiger partial charge in [-0.1, -0.05) is 12.1 Å². The lowest BCUT2D eigenvalue weighted by Gasteiger charge is -2.25. The zero-order valence-electron chi connectivity index (χ0n) is 26.0. The number of hydrazone groups is 1. The molecule has 4 aromatic rings. The molecule has 0 bridgehead atoms. The van der Waals surface area contributed by atoms with Gasteiger partial charge in [-0.15, -0.1) is 0 Å². The predicted octanol–water partition coefficient (Wildman–Crippen LogP) is 5.35. The van der Waals surface area contributed by atoms with E-state index in [4.69, 9.17) is 28.4 Å². The topological polar surface area (TPSA) is 117 Å². The van der Waals surface area contributed by atoms with Crippen molar-refractivity contribution in [2.24, 2.45) is 5.10 Å². The van der Waals surface area contributed by atoms with Crippen LogP contribution in [0.5, 0.6) is 34.5 Å². The molecule has 4 rings (SSSR count). The number of anilines is 1. The monoisotopic (exact) mass is 613 g/mol. The van der Waals surface area contributed by atoms with Crippen LogP contribution in [0, 0.1) is 0 Å². The van der Waals surface area contributed by atoms with Gasteiger partial charge in [-0.25, -0.2) is 5.43 Å². The third-order valence-corrected chi connectivity index (χ3v) is 6.89. The van der Waals surface area contributed by atoms with Gasteiger partial charge in [-0.2, -0.15) is 5.10 Å². The molecule has 1 N–H and O–H groups in total. The summed E-state index contributed by atoms with van der Waals surface area (Å²) in [6.45, 7) is 0.231. The summed E-state index contributed by atoms with van der Waals surface area (Å²) in [6, 6.07) is 22.4. The smallest absolute Gasteiger partial charge is 0.271 e. The molecule has 234 valence electrons. The Morgan fingerprint density at radius 3 is 1.82 bits per heavy atom. The molecule has 0 aliphatic heterocycles. The summed E-state index contributed by atoms with van der Waals surface area (Å²) in [5, 5.41) is 4.04. The van der Waals surface area contributed by atoms with Crippen LogP contribution in [0.4, 0.5) is 5.69 Å². The minimum absolute atomic E-state index is 0.231. The normalized spacial score (nSPS) is 10.6. The molecular weight excluding hydrogens is 578 g/mol. The van der Waals surface area contributed by atoms with Gasteiger partial charge in [0.15, 0.2) is 23.0 Å². The Morgan fingerprint density at radius 1 is 0.667 bits per heavy atom. The molecule has 0 radical (unpaired) electrons. The summed E-state index contributed by atoms with van der Waals surface area (Å²) in [6.07, 6.45) is 1.49. The van der Waals surface area contributed by atoms with E-state index in [-0.39, 0.29) is 12.5 Å². The molecule has 45 heavy (non-hydrogen) atoms. The van der Waals surface area contributed by atoms with Crippen LogP contribution in [-0.2, 0) is 6.54 Å². The molecule has 4 aromatic carbocycles. The Bertz CT molecular complexity index is 1630. The van der Waals surface area contributed by atoms with E-state index in [9.17, 15) is 9.59 Å².